The number of fused-ring (bicyclic) bond motifs is 1. The summed E-state index contributed by atoms with van der Waals surface area (Å²) >= 11 is 0. The first-order valence-electron chi connectivity index (χ1n) is 10.3. The van der Waals surface area contributed by atoms with Crippen LogP contribution < -0.4 is 24.4 Å². The first-order valence-corrected chi connectivity index (χ1v) is 10.3. The van der Waals surface area contributed by atoms with Gasteiger partial charge in [-0.15, -0.1) is 0 Å². The number of ether oxygens (including phenoxy) is 3. The molecule has 0 spiro atoms. The lowest BCUT2D eigenvalue weighted by Crippen LogP contribution is -2.43. The van der Waals surface area contributed by atoms with Gasteiger partial charge in [-0.3, -0.25) is 9.59 Å². The normalized spacial score (nSPS) is 15.1. The predicted octanol–water partition coefficient (Wildman–Crippen LogP) is 4.36. The molecule has 1 heterocycles. The Kier molecular flexibility index (Phi) is 6.43. The molecular weight excluding hydrogens is 396 g/mol. The van der Waals surface area contributed by atoms with Crippen molar-refractivity contribution in [2.45, 2.75) is 27.7 Å². The van der Waals surface area contributed by atoms with Gasteiger partial charge in [0.1, 0.15) is 23.9 Å². The van der Waals surface area contributed by atoms with Gasteiger partial charge in [0.05, 0.1) is 30.9 Å². The number of benzene rings is 2. The minimum atomic E-state index is -0.645. The Morgan fingerprint density at radius 3 is 2.55 bits per heavy atom. The van der Waals surface area contributed by atoms with E-state index in [0.717, 1.165) is 0 Å². The van der Waals surface area contributed by atoms with Crippen molar-refractivity contribution in [3.63, 3.8) is 0 Å². The fourth-order valence-corrected chi connectivity index (χ4v) is 3.46. The summed E-state index contributed by atoms with van der Waals surface area (Å²) in [6.45, 7) is 8.76. The molecule has 7 nitrogen and oxygen atoms in total. The lowest BCUT2D eigenvalue weighted by Gasteiger charge is -2.29. The summed E-state index contributed by atoms with van der Waals surface area (Å²) in [5, 5.41) is 2.89. The second-order valence-corrected chi connectivity index (χ2v) is 8.69. The number of carbonyl (C=O) groups is 2. The van der Waals surface area contributed by atoms with Crippen LogP contribution in [0.15, 0.2) is 36.4 Å². The summed E-state index contributed by atoms with van der Waals surface area (Å²) in [7, 11) is 3.06. The summed E-state index contributed by atoms with van der Waals surface area (Å²) < 4.78 is 16.5. The highest BCUT2D eigenvalue weighted by atomic mass is 16.5. The van der Waals surface area contributed by atoms with Crippen molar-refractivity contribution >= 4 is 23.2 Å². The van der Waals surface area contributed by atoms with E-state index >= 15 is 0 Å². The summed E-state index contributed by atoms with van der Waals surface area (Å²) in [5.74, 6) is 1.59. The van der Waals surface area contributed by atoms with Crippen LogP contribution >= 0.6 is 0 Å². The Labute approximate surface area is 183 Å². The Hall–Kier alpha value is -3.22. The molecule has 0 aliphatic carbocycles. The Bertz CT molecular complexity index is 984. The van der Waals surface area contributed by atoms with Gasteiger partial charge in [0.25, 0.3) is 5.91 Å². The molecule has 31 heavy (non-hydrogen) atoms. The topological polar surface area (TPSA) is 77.1 Å². The zero-order chi connectivity index (χ0) is 22.8. The number of nitrogens with zero attached hydrogens (tertiary/aromatic N) is 1. The fourth-order valence-electron chi connectivity index (χ4n) is 3.46. The van der Waals surface area contributed by atoms with E-state index in [9.17, 15) is 9.59 Å². The molecule has 1 aliphatic rings. The number of anilines is 2. The Morgan fingerprint density at radius 2 is 1.90 bits per heavy atom. The molecule has 0 saturated carbocycles. The number of nitrogens with one attached hydrogen (secondary N) is 1. The van der Waals surface area contributed by atoms with Crippen molar-refractivity contribution in [1.82, 2.24) is 0 Å². The van der Waals surface area contributed by atoms with Gasteiger partial charge in [0, 0.05) is 24.4 Å². The van der Waals surface area contributed by atoms with Crippen LogP contribution in [0.1, 0.15) is 38.1 Å². The predicted molar refractivity (Wildman–Crippen MR) is 120 cm³/mol. The van der Waals surface area contributed by atoms with E-state index in [-0.39, 0.29) is 18.4 Å². The molecule has 0 unspecified atom stereocenters. The van der Waals surface area contributed by atoms with Crippen LogP contribution in [0.5, 0.6) is 17.2 Å². The molecule has 0 saturated heterocycles. The maximum atomic E-state index is 13.1. The average molecular weight is 427 g/mol. The largest absolute Gasteiger partial charge is 0.497 e. The number of amides is 2. The molecule has 1 N–H and O–H groups in total. The van der Waals surface area contributed by atoms with Crippen LogP contribution in [-0.2, 0) is 4.79 Å². The van der Waals surface area contributed by atoms with Gasteiger partial charge < -0.3 is 24.4 Å². The third kappa shape index (κ3) is 4.76. The second-order valence-electron chi connectivity index (χ2n) is 8.69. The minimum absolute atomic E-state index is 0.0275. The molecule has 166 valence electrons. The monoisotopic (exact) mass is 426 g/mol. The Balaban J connectivity index is 1.90. The highest BCUT2D eigenvalue weighted by Crippen LogP contribution is 2.39. The van der Waals surface area contributed by atoms with Crippen molar-refractivity contribution in [3.8, 4) is 17.2 Å². The minimum Gasteiger partial charge on any atom is -0.497 e. The van der Waals surface area contributed by atoms with Gasteiger partial charge in [-0.05, 0) is 44.0 Å². The average Bonchev–Trinajstić information content (AvgIpc) is 2.83. The standard InChI is InChI=1S/C24H30N2O5/c1-15(2)13-26-19-10-7-16(11-21(19)31-14-24(3,4)23(26)28)25-22(27)18-9-8-17(29-5)12-20(18)30-6/h7-12,15H,13-14H2,1-6H3,(H,25,27). The highest BCUT2D eigenvalue weighted by molar-refractivity contribution is 6.07. The SMILES string of the molecule is COc1ccc(C(=O)Nc2ccc3c(c2)OCC(C)(C)C(=O)N3CC(C)C)c(OC)c1. The number of hydrogen-bond acceptors (Lipinski definition) is 5. The van der Waals surface area contributed by atoms with Crippen LogP contribution in [0.2, 0.25) is 0 Å². The van der Waals surface area contributed by atoms with E-state index in [4.69, 9.17) is 14.2 Å². The van der Waals surface area contributed by atoms with Gasteiger partial charge in [-0.25, -0.2) is 0 Å². The first-order chi connectivity index (χ1) is 14.7. The quantitative estimate of drug-likeness (QED) is 0.743. The number of hydrogen-bond donors (Lipinski definition) is 1. The molecule has 2 amide bonds. The lowest BCUT2D eigenvalue weighted by molar-refractivity contribution is -0.127. The molecule has 0 bridgehead atoms. The first kappa shape index (κ1) is 22.5. The molecule has 3 rings (SSSR count). The van der Waals surface area contributed by atoms with Crippen LogP contribution in [0.3, 0.4) is 0 Å². The molecule has 0 atom stereocenters. The van der Waals surface area contributed by atoms with Gasteiger partial charge in [-0.2, -0.15) is 0 Å². The van der Waals surface area contributed by atoms with Gasteiger partial charge in [0.2, 0.25) is 5.91 Å². The molecule has 2 aromatic rings. The van der Waals surface area contributed by atoms with Crippen molar-refractivity contribution in [1.29, 1.82) is 0 Å². The van der Waals surface area contributed by atoms with Crippen LogP contribution in [0.4, 0.5) is 11.4 Å². The maximum absolute atomic E-state index is 13.1. The summed E-state index contributed by atoms with van der Waals surface area (Å²) in [6.07, 6.45) is 0. The van der Waals surface area contributed by atoms with Crippen molar-refractivity contribution in [3.05, 3.63) is 42.0 Å². The van der Waals surface area contributed by atoms with Crippen LogP contribution in [0.25, 0.3) is 0 Å². The molecular formula is C24H30N2O5. The number of methoxy groups -OCH3 is 2. The molecule has 0 fully saturated rings. The van der Waals surface area contributed by atoms with E-state index < -0.39 is 5.41 Å². The molecule has 0 aromatic heterocycles. The molecule has 2 aromatic carbocycles. The number of rotatable bonds is 6. The van der Waals surface area contributed by atoms with E-state index in [1.165, 1.54) is 7.11 Å². The summed E-state index contributed by atoms with van der Waals surface area (Å²) in [5.41, 5.74) is 1.02. The van der Waals surface area contributed by atoms with Gasteiger partial charge in [-0.1, -0.05) is 13.8 Å². The van der Waals surface area contributed by atoms with E-state index in [1.807, 2.05) is 19.9 Å². The third-order valence-electron chi connectivity index (χ3n) is 5.12. The maximum Gasteiger partial charge on any atom is 0.259 e. The smallest absolute Gasteiger partial charge is 0.259 e. The Morgan fingerprint density at radius 1 is 1.16 bits per heavy atom. The molecule has 7 heteroatoms. The summed E-state index contributed by atoms with van der Waals surface area (Å²) in [4.78, 5) is 27.7. The third-order valence-corrected chi connectivity index (χ3v) is 5.12. The second kappa shape index (κ2) is 8.88. The summed E-state index contributed by atoms with van der Waals surface area (Å²) in [6, 6.07) is 10.4. The van der Waals surface area contributed by atoms with E-state index in [1.54, 1.807) is 42.3 Å². The van der Waals surface area contributed by atoms with E-state index in [0.29, 0.717) is 46.6 Å². The fraction of sp³-hybridized carbons (Fsp3) is 0.417. The van der Waals surface area contributed by atoms with Crippen LogP contribution in [0, 0.1) is 11.3 Å². The van der Waals surface area contributed by atoms with Crippen molar-refractivity contribution < 1.29 is 23.8 Å². The van der Waals surface area contributed by atoms with Crippen molar-refractivity contribution in [2.75, 3.05) is 37.6 Å². The number of carbonyl (C=O) groups excluding carboxylic acids is 2. The van der Waals surface area contributed by atoms with Gasteiger partial charge >= 0.3 is 0 Å². The zero-order valence-electron chi connectivity index (χ0n) is 18.9. The zero-order valence-corrected chi connectivity index (χ0v) is 18.9. The van der Waals surface area contributed by atoms with Gasteiger partial charge in [0.15, 0.2) is 0 Å². The molecule has 1 aliphatic heterocycles. The highest BCUT2D eigenvalue weighted by Gasteiger charge is 2.38. The van der Waals surface area contributed by atoms with Crippen molar-refractivity contribution in [2.24, 2.45) is 11.3 Å². The lowest BCUT2D eigenvalue weighted by atomic mass is 9.92. The van der Waals surface area contributed by atoms with Crippen LogP contribution in [-0.4, -0.2) is 39.2 Å². The van der Waals surface area contributed by atoms with E-state index in [2.05, 4.69) is 19.2 Å². The molecule has 0 radical (unpaired) electrons.